The van der Waals surface area contributed by atoms with Crippen LogP contribution in [-0.2, 0) is 0 Å². The van der Waals surface area contributed by atoms with Gasteiger partial charge in [-0.15, -0.1) is 0 Å². The van der Waals surface area contributed by atoms with E-state index in [4.69, 9.17) is 4.74 Å². The van der Waals surface area contributed by atoms with Gasteiger partial charge in [-0.05, 0) is 13.8 Å². The number of halogens is 1. The highest BCUT2D eigenvalue weighted by molar-refractivity contribution is 5.41. The summed E-state index contributed by atoms with van der Waals surface area (Å²) in [5.74, 6) is 0.378. The van der Waals surface area contributed by atoms with Crippen molar-refractivity contribution in [2.45, 2.75) is 19.9 Å². The molecule has 0 aromatic carbocycles. The van der Waals surface area contributed by atoms with Gasteiger partial charge >= 0.3 is 0 Å². The molecule has 1 rings (SSSR count). The minimum Gasteiger partial charge on any atom is -0.493 e. The molecule has 0 bridgehead atoms. The van der Waals surface area contributed by atoms with Crippen molar-refractivity contribution < 1.29 is 9.13 Å². The molecule has 1 aromatic rings. The summed E-state index contributed by atoms with van der Waals surface area (Å²) in [6.07, 6.45) is 1.14. The lowest BCUT2D eigenvalue weighted by Crippen LogP contribution is -2.11. The van der Waals surface area contributed by atoms with Crippen molar-refractivity contribution in [3.63, 3.8) is 0 Å². The zero-order chi connectivity index (χ0) is 9.84. The monoisotopic (exact) mass is 184 g/mol. The Morgan fingerprint density at radius 2 is 2.23 bits per heavy atom. The molecular weight excluding hydrogens is 171 g/mol. The number of hydrogen-bond donors (Lipinski definition) is 1. The fourth-order valence-electron chi connectivity index (χ4n) is 0.951. The van der Waals surface area contributed by atoms with Gasteiger partial charge in [-0.3, -0.25) is 0 Å². The number of ether oxygens (including phenoxy) is 1. The lowest BCUT2D eigenvalue weighted by atomic mass is 10.3. The van der Waals surface area contributed by atoms with Crippen LogP contribution in [0.25, 0.3) is 0 Å². The number of nitrogens with one attached hydrogen (secondary N) is 1. The van der Waals surface area contributed by atoms with Gasteiger partial charge < -0.3 is 10.1 Å². The average Bonchev–Trinajstić information content (AvgIpc) is 2.07. The molecule has 0 spiro atoms. The van der Waals surface area contributed by atoms with Crippen molar-refractivity contribution in [1.82, 2.24) is 4.98 Å². The van der Waals surface area contributed by atoms with Crippen LogP contribution >= 0.6 is 0 Å². The molecule has 1 N–H and O–H groups in total. The maximum atomic E-state index is 12.9. The molecule has 1 aromatic heterocycles. The van der Waals surface area contributed by atoms with E-state index in [9.17, 15) is 4.39 Å². The summed E-state index contributed by atoms with van der Waals surface area (Å²) in [5.41, 5.74) is 0. The Kier molecular flexibility index (Phi) is 3.06. The Balaban J connectivity index is 2.86. The molecule has 4 heteroatoms. The van der Waals surface area contributed by atoms with Crippen LogP contribution in [0.5, 0.6) is 5.75 Å². The quantitative estimate of drug-likeness (QED) is 0.780. The zero-order valence-corrected chi connectivity index (χ0v) is 7.97. The van der Waals surface area contributed by atoms with E-state index >= 15 is 0 Å². The first-order valence-corrected chi connectivity index (χ1v) is 4.09. The van der Waals surface area contributed by atoms with Crippen molar-refractivity contribution in [2.75, 3.05) is 12.4 Å². The topological polar surface area (TPSA) is 34.1 Å². The van der Waals surface area contributed by atoms with E-state index in [-0.39, 0.29) is 11.8 Å². The molecule has 72 valence electrons. The van der Waals surface area contributed by atoms with Crippen molar-refractivity contribution in [3.8, 4) is 5.75 Å². The second kappa shape index (κ2) is 4.07. The highest BCUT2D eigenvalue weighted by Gasteiger charge is 2.04. The van der Waals surface area contributed by atoms with Crippen LogP contribution < -0.4 is 10.1 Å². The maximum Gasteiger partial charge on any atom is 0.183 e. The highest BCUT2D eigenvalue weighted by Crippen LogP contribution is 2.18. The number of methoxy groups -OCH3 is 1. The predicted octanol–water partition coefficient (Wildman–Crippen LogP) is 2.05. The van der Waals surface area contributed by atoms with Gasteiger partial charge in [0.05, 0.1) is 13.3 Å². The van der Waals surface area contributed by atoms with Gasteiger partial charge in [0.15, 0.2) is 11.6 Å². The van der Waals surface area contributed by atoms with Crippen LogP contribution in [0.1, 0.15) is 13.8 Å². The summed E-state index contributed by atoms with van der Waals surface area (Å²) in [6, 6.07) is 1.80. The van der Waals surface area contributed by atoms with Crippen LogP contribution in [0.3, 0.4) is 0 Å². The van der Waals surface area contributed by atoms with Crippen molar-refractivity contribution in [2.24, 2.45) is 0 Å². The van der Waals surface area contributed by atoms with Gasteiger partial charge in [-0.2, -0.15) is 0 Å². The molecule has 0 radical (unpaired) electrons. The highest BCUT2D eigenvalue weighted by atomic mass is 19.1. The summed E-state index contributed by atoms with van der Waals surface area (Å²) in [5, 5.41) is 3.05. The van der Waals surface area contributed by atoms with Gasteiger partial charge in [-0.25, -0.2) is 9.37 Å². The van der Waals surface area contributed by atoms with Gasteiger partial charge in [0.1, 0.15) is 5.82 Å². The fraction of sp³-hybridized carbons (Fsp3) is 0.444. The van der Waals surface area contributed by atoms with Gasteiger partial charge in [0.25, 0.3) is 0 Å². The maximum absolute atomic E-state index is 12.9. The van der Waals surface area contributed by atoms with E-state index in [1.807, 2.05) is 13.8 Å². The smallest absolute Gasteiger partial charge is 0.183 e. The van der Waals surface area contributed by atoms with Crippen LogP contribution in [0.2, 0.25) is 0 Å². The molecule has 0 aliphatic rings. The largest absolute Gasteiger partial charge is 0.493 e. The Morgan fingerprint density at radius 3 is 2.77 bits per heavy atom. The first kappa shape index (κ1) is 9.77. The van der Waals surface area contributed by atoms with Crippen molar-refractivity contribution in [3.05, 3.63) is 18.1 Å². The van der Waals surface area contributed by atoms with Gasteiger partial charge in [0, 0.05) is 12.1 Å². The minimum absolute atomic E-state index is 0.207. The number of anilines is 1. The molecule has 0 atom stereocenters. The Morgan fingerprint density at radius 1 is 1.54 bits per heavy atom. The Bertz CT molecular complexity index is 289. The van der Waals surface area contributed by atoms with Gasteiger partial charge in [-0.1, -0.05) is 0 Å². The zero-order valence-electron chi connectivity index (χ0n) is 7.97. The molecule has 0 unspecified atom stereocenters. The van der Waals surface area contributed by atoms with Crippen LogP contribution in [0.4, 0.5) is 10.2 Å². The van der Waals surface area contributed by atoms with Crippen molar-refractivity contribution in [1.29, 1.82) is 0 Å². The fourth-order valence-corrected chi connectivity index (χ4v) is 0.951. The minimum atomic E-state index is -0.447. The summed E-state index contributed by atoms with van der Waals surface area (Å²) in [6.45, 7) is 3.97. The van der Waals surface area contributed by atoms with Gasteiger partial charge in [0.2, 0.25) is 0 Å². The molecule has 13 heavy (non-hydrogen) atoms. The molecule has 0 aliphatic heterocycles. The van der Waals surface area contributed by atoms with E-state index < -0.39 is 5.82 Å². The standard InChI is InChI=1S/C9H13FN2O/c1-6(2)12-9-4-8(13-3)7(10)5-11-9/h4-6H,1-3H3,(H,11,12). The third kappa shape index (κ3) is 2.57. The number of pyridine rings is 1. The van der Waals surface area contributed by atoms with E-state index in [1.54, 1.807) is 0 Å². The molecule has 0 fully saturated rings. The lowest BCUT2D eigenvalue weighted by Gasteiger charge is -2.09. The first-order valence-electron chi connectivity index (χ1n) is 4.09. The molecular formula is C9H13FN2O. The summed E-state index contributed by atoms with van der Waals surface area (Å²) in [4.78, 5) is 3.86. The average molecular weight is 184 g/mol. The Hall–Kier alpha value is -1.32. The molecule has 0 aliphatic carbocycles. The second-order valence-corrected chi connectivity index (χ2v) is 3.00. The SMILES string of the molecule is COc1cc(NC(C)C)ncc1F. The first-order chi connectivity index (χ1) is 6.13. The third-order valence-electron chi connectivity index (χ3n) is 1.48. The molecule has 1 heterocycles. The normalized spacial score (nSPS) is 10.2. The van der Waals surface area contributed by atoms with Crippen LogP contribution in [-0.4, -0.2) is 18.1 Å². The predicted molar refractivity (Wildman–Crippen MR) is 49.5 cm³/mol. The number of rotatable bonds is 3. The molecule has 3 nitrogen and oxygen atoms in total. The van der Waals surface area contributed by atoms with E-state index in [0.29, 0.717) is 5.82 Å². The summed E-state index contributed by atoms with van der Waals surface area (Å²) in [7, 11) is 1.43. The second-order valence-electron chi connectivity index (χ2n) is 3.00. The number of hydrogen-bond acceptors (Lipinski definition) is 3. The Labute approximate surface area is 76.9 Å². The van der Waals surface area contributed by atoms with Crippen LogP contribution in [0, 0.1) is 5.82 Å². The third-order valence-corrected chi connectivity index (χ3v) is 1.48. The van der Waals surface area contributed by atoms with E-state index in [0.717, 1.165) is 6.20 Å². The van der Waals surface area contributed by atoms with E-state index in [2.05, 4.69) is 10.3 Å². The molecule has 0 saturated carbocycles. The summed E-state index contributed by atoms with van der Waals surface area (Å²) >= 11 is 0. The van der Waals surface area contributed by atoms with E-state index in [1.165, 1.54) is 13.2 Å². The molecule has 0 saturated heterocycles. The van der Waals surface area contributed by atoms with Crippen molar-refractivity contribution >= 4 is 5.82 Å². The summed E-state index contributed by atoms with van der Waals surface area (Å²) < 4.78 is 17.7. The lowest BCUT2D eigenvalue weighted by molar-refractivity contribution is 0.385. The van der Waals surface area contributed by atoms with Crippen LogP contribution in [0.15, 0.2) is 12.3 Å². The molecule has 0 amide bonds. The number of nitrogens with zero attached hydrogens (tertiary/aromatic N) is 1. The number of aromatic nitrogens is 1.